The highest BCUT2D eigenvalue weighted by atomic mass is 31.2. The number of ether oxygens (including phenoxy) is 2. The Labute approximate surface area is 179 Å². The molecule has 0 aromatic heterocycles. The molecular formula is C20H36NO8P. The van der Waals surface area contributed by atoms with Crippen LogP contribution in [0.15, 0.2) is 12.2 Å². The predicted octanol–water partition coefficient (Wildman–Crippen LogP) is 3.71. The second-order valence-electron chi connectivity index (χ2n) is 7.14. The lowest BCUT2D eigenvalue weighted by molar-refractivity contribution is -0.145. The van der Waals surface area contributed by atoms with E-state index in [1.807, 2.05) is 0 Å². The third kappa shape index (κ3) is 12.1. The molecule has 1 amide bonds. The van der Waals surface area contributed by atoms with Crippen LogP contribution in [0.25, 0.3) is 0 Å². The van der Waals surface area contributed by atoms with Crippen LogP contribution in [0, 0.1) is 0 Å². The second kappa shape index (κ2) is 15.2. The molecule has 0 aliphatic carbocycles. The average Bonchev–Trinajstić information content (AvgIpc) is 2.60. The maximum Gasteiger partial charge on any atom is 0.371 e. The van der Waals surface area contributed by atoms with Crippen LogP contribution in [0.3, 0.4) is 0 Å². The SMILES string of the molecule is CCOC(=O)C(C=CCCCCC(OC(C)=O)P(=O)(OC(C)C)OC(C)C)NC=O. The molecule has 2 unspecified atom stereocenters. The number of unbranched alkanes of at least 4 members (excludes halogenated alkanes) is 2. The standard InChI is InChI=1S/C20H36NO8P/c1-7-26-20(24)18(21-14-22)12-10-8-9-11-13-19(27-17(6)23)30(25,28-15(2)3)29-16(4)5/h10,12,14-16,18-19H,7-9,11,13H2,1-6H3,(H,21,22). The summed E-state index contributed by atoms with van der Waals surface area (Å²) in [4.78, 5) is 33.9. The van der Waals surface area contributed by atoms with Crippen molar-refractivity contribution in [3.8, 4) is 0 Å². The summed E-state index contributed by atoms with van der Waals surface area (Å²) in [6.07, 6.45) is 5.20. The molecule has 0 saturated heterocycles. The molecule has 1 N–H and O–H groups in total. The van der Waals surface area contributed by atoms with Crippen molar-refractivity contribution in [3.63, 3.8) is 0 Å². The normalized spacial score (nSPS) is 14.0. The molecule has 0 saturated carbocycles. The Bertz CT molecular complexity index is 592. The summed E-state index contributed by atoms with van der Waals surface area (Å²) in [5.41, 5.74) is 0. The molecule has 174 valence electrons. The van der Waals surface area contributed by atoms with Crippen molar-refractivity contribution in [1.29, 1.82) is 0 Å². The zero-order valence-corrected chi connectivity index (χ0v) is 19.7. The number of hydrogen-bond donors (Lipinski definition) is 1. The van der Waals surface area contributed by atoms with Gasteiger partial charge in [0.25, 0.3) is 0 Å². The van der Waals surface area contributed by atoms with E-state index in [-0.39, 0.29) is 18.8 Å². The number of hydrogen-bond acceptors (Lipinski definition) is 8. The fourth-order valence-corrected chi connectivity index (χ4v) is 4.82. The maximum absolute atomic E-state index is 13.3. The molecule has 10 heteroatoms. The molecule has 0 aromatic carbocycles. The van der Waals surface area contributed by atoms with E-state index in [0.717, 1.165) is 0 Å². The zero-order valence-electron chi connectivity index (χ0n) is 18.8. The number of carbonyl (C=O) groups excluding carboxylic acids is 3. The molecule has 0 radical (unpaired) electrons. The molecule has 0 heterocycles. The summed E-state index contributed by atoms with van der Waals surface area (Å²) >= 11 is 0. The van der Waals surface area contributed by atoms with Gasteiger partial charge >= 0.3 is 19.5 Å². The Hall–Kier alpha value is -1.70. The van der Waals surface area contributed by atoms with Crippen LogP contribution in [0.4, 0.5) is 0 Å². The smallest absolute Gasteiger partial charge is 0.371 e. The van der Waals surface area contributed by atoms with Gasteiger partial charge in [-0.15, -0.1) is 0 Å². The van der Waals surface area contributed by atoms with Gasteiger partial charge < -0.3 is 23.8 Å². The van der Waals surface area contributed by atoms with Crippen molar-refractivity contribution in [3.05, 3.63) is 12.2 Å². The number of nitrogens with one attached hydrogen (secondary N) is 1. The Morgan fingerprint density at radius 3 is 2.13 bits per heavy atom. The van der Waals surface area contributed by atoms with Crippen LogP contribution in [0.2, 0.25) is 0 Å². The first-order valence-corrected chi connectivity index (χ1v) is 11.8. The third-order valence-corrected chi connectivity index (χ3v) is 6.06. The average molecular weight is 449 g/mol. The third-order valence-electron chi connectivity index (χ3n) is 3.56. The van der Waals surface area contributed by atoms with Crippen LogP contribution in [-0.2, 0) is 37.5 Å². The van der Waals surface area contributed by atoms with Gasteiger partial charge in [-0.1, -0.05) is 12.2 Å². The monoisotopic (exact) mass is 449 g/mol. The molecule has 2 atom stereocenters. The summed E-state index contributed by atoms with van der Waals surface area (Å²) < 4.78 is 34.5. The van der Waals surface area contributed by atoms with E-state index in [9.17, 15) is 18.9 Å². The minimum Gasteiger partial charge on any atom is -0.464 e. The summed E-state index contributed by atoms with van der Waals surface area (Å²) in [7, 11) is -3.67. The number of amides is 1. The first-order valence-electron chi connectivity index (χ1n) is 10.2. The Kier molecular flexibility index (Phi) is 14.3. The summed E-state index contributed by atoms with van der Waals surface area (Å²) in [6.45, 7) is 10.1. The zero-order chi connectivity index (χ0) is 23.2. The van der Waals surface area contributed by atoms with Gasteiger partial charge in [0, 0.05) is 6.92 Å². The first-order chi connectivity index (χ1) is 14.1. The maximum atomic E-state index is 13.3. The van der Waals surface area contributed by atoms with E-state index in [2.05, 4.69) is 5.32 Å². The molecule has 0 aromatic rings. The van der Waals surface area contributed by atoms with Crippen LogP contribution < -0.4 is 5.32 Å². The fourth-order valence-electron chi connectivity index (χ4n) is 2.54. The van der Waals surface area contributed by atoms with Gasteiger partial charge in [-0.2, -0.15) is 0 Å². The minimum absolute atomic E-state index is 0.220. The van der Waals surface area contributed by atoms with E-state index in [4.69, 9.17) is 18.5 Å². The van der Waals surface area contributed by atoms with Crippen molar-refractivity contribution in [2.24, 2.45) is 0 Å². The lowest BCUT2D eigenvalue weighted by Gasteiger charge is -2.29. The van der Waals surface area contributed by atoms with Gasteiger partial charge in [-0.3, -0.25) is 14.2 Å². The Morgan fingerprint density at radius 2 is 1.67 bits per heavy atom. The molecular weight excluding hydrogens is 413 g/mol. The van der Waals surface area contributed by atoms with Crippen LogP contribution in [0.5, 0.6) is 0 Å². The molecule has 9 nitrogen and oxygen atoms in total. The molecule has 0 fully saturated rings. The lowest BCUT2D eigenvalue weighted by atomic mass is 10.1. The molecule has 0 spiro atoms. The fraction of sp³-hybridized carbons (Fsp3) is 0.750. The van der Waals surface area contributed by atoms with Gasteiger partial charge in [0.1, 0.15) is 6.04 Å². The highest BCUT2D eigenvalue weighted by Gasteiger charge is 2.40. The Balaban J connectivity index is 4.90. The van der Waals surface area contributed by atoms with Gasteiger partial charge in [0.05, 0.1) is 18.8 Å². The van der Waals surface area contributed by atoms with Crippen LogP contribution in [-0.4, -0.2) is 49.1 Å². The van der Waals surface area contributed by atoms with Gasteiger partial charge in [-0.25, -0.2) is 4.79 Å². The van der Waals surface area contributed by atoms with E-state index in [1.54, 1.807) is 46.8 Å². The number of carbonyl (C=O) groups is 3. The van der Waals surface area contributed by atoms with E-state index in [0.29, 0.717) is 32.1 Å². The van der Waals surface area contributed by atoms with Crippen molar-refractivity contribution in [2.45, 2.75) is 91.3 Å². The summed E-state index contributed by atoms with van der Waals surface area (Å²) in [5.74, 6) is -2.08. The van der Waals surface area contributed by atoms with Crippen LogP contribution in [0.1, 0.15) is 67.2 Å². The van der Waals surface area contributed by atoms with Crippen molar-refractivity contribution in [2.75, 3.05) is 6.61 Å². The second-order valence-corrected chi connectivity index (χ2v) is 9.22. The van der Waals surface area contributed by atoms with Gasteiger partial charge in [0.15, 0.2) is 0 Å². The topological polar surface area (TPSA) is 117 Å². The van der Waals surface area contributed by atoms with E-state index in [1.165, 1.54) is 6.92 Å². The van der Waals surface area contributed by atoms with Gasteiger partial charge in [0.2, 0.25) is 12.3 Å². The predicted molar refractivity (Wildman–Crippen MR) is 113 cm³/mol. The summed E-state index contributed by atoms with van der Waals surface area (Å²) in [5, 5.41) is 2.38. The highest BCUT2D eigenvalue weighted by molar-refractivity contribution is 7.54. The van der Waals surface area contributed by atoms with Gasteiger partial charge in [-0.05, 0) is 60.3 Å². The lowest BCUT2D eigenvalue weighted by Crippen LogP contribution is -2.35. The Morgan fingerprint density at radius 1 is 1.07 bits per heavy atom. The molecule has 0 aliphatic rings. The highest BCUT2D eigenvalue weighted by Crippen LogP contribution is 2.57. The molecule has 0 aliphatic heterocycles. The molecule has 0 rings (SSSR count). The number of rotatable bonds is 16. The van der Waals surface area contributed by atoms with E-state index < -0.39 is 31.4 Å². The van der Waals surface area contributed by atoms with Crippen LogP contribution >= 0.6 is 7.60 Å². The van der Waals surface area contributed by atoms with E-state index >= 15 is 0 Å². The van der Waals surface area contributed by atoms with Crippen molar-refractivity contribution in [1.82, 2.24) is 5.32 Å². The molecule has 0 bridgehead atoms. The number of allylic oxidation sites excluding steroid dienone is 1. The minimum atomic E-state index is -3.67. The van der Waals surface area contributed by atoms with Crippen molar-refractivity contribution >= 4 is 25.9 Å². The number of esters is 2. The first kappa shape index (κ1) is 28.3. The van der Waals surface area contributed by atoms with Crippen molar-refractivity contribution < 1.29 is 37.5 Å². The molecule has 30 heavy (non-hydrogen) atoms. The summed E-state index contributed by atoms with van der Waals surface area (Å²) in [6, 6.07) is -0.838. The quantitative estimate of drug-likeness (QED) is 0.125. The largest absolute Gasteiger partial charge is 0.464 e.